The SMILES string of the molecule is CCCCNC(=O)OCCO/C(C=O)=C\C=O. The van der Waals surface area contributed by atoms with E-state index < -0.39 is 6.09 Å². The number of aldehydes is 2. The van der Waals surface area contributed by atoms with E-state index >= 15 is 0 Å². The van der Waals surface area contributed by atoms with Crippen molar-refractivity contribution in [2.24, 2.45) is 0 Å². The second kappa shape index (κ2) is 10.7. The molecule has 0 aromatic heterocycles. The van der Waals surface area contributed by atoms with Gasteiger partial charge in [-0.15, -0.1) is 0 Å². The molecule has 0 radical (unpaired) electrons. The van der Waals surface area contributed by atoms with Crippen LogP contribution in [0.25, 0.3) is 0 Å². The third-order valence-corrected chi connectivity index (χ3v) is 1.73. The number of allylic oxidation sites excluding steroid dienone is 2. The number of alkyl carbamates (subject to hydrolysis) is 1. The van der Waals surface area contributed by atoms with Crippen LogP contribution in [0.15, 0.2) is 11.8 Å². The number of hydrogen-bond donors (Lipinski definition) is 1. The van der Waals surface area contributed by atoms with Gasteiger partial charge in [-0.2, -0.15) is 0 Å². The molecule has 6 heteroatoms. The summed E-state index contributed by atoms with van der Waals surface area (Å²) >= 11 is 0. The molecule has 0 rings (SSSR count). The number of nitrogens with one attached hydrogen (secondary N) is 1. The van der Waals surface area contributed by atoms with E-state index in [4.69, 9.17) is 9.47 Å². The van der Waals surface area contributed by atoms with Crippen LogP contribution in [0, 0.1) is 0 Å². The van der Waals surface area contributed by atoms with Crippen molar-refractivity contribution in [1.29, 1.82) is 0 Å². The molecule has 0 aliphatic rings. The van der Waals surface area contributed by atoms with Gasteiger partial charge in [-0.3, -0.25) is 9.59 Å². The molecule has 0 bridgehead atoms. The summed E-state index contributed by atoms with van der Waals surface area (Å²) in [5.74, 6) is -0.0880. The smallest absolute Gasteiger partial charge is 0.407 e. The van der Waals surface area contributed by atoms with Crippen molar-refractivity contribution in [3.8, 4) is 0 Å². The Kier molecular flexibility index (Phi) is 9.50. The first kappa shape index (κ1) is 15.2. The zero-order valence-corrected chi connectivity index (χ0v) is 9.81. The zero-order chi connectivity index (χ0) is 12.9. The van der Waals surface area contributed by atoms with Gasteiger partial charge in [0.2, 0.25) is 0 Å². The Balaban J connectivity index is 3.56. The third kappa shape index (κ3) is 9.10. The highest BCUT2D eigenvalue weighted by Gasteiger charge is 2.01. The van der Waals surface area contributed by atoms with Crippen LogP contribution in [0.1, 0.15) is 19.8 Å². The highest BCUT2D eigenvalue weighted by Crippen LogP contribution is 1.91. The summed E-state index contributed by atoms with van der Waals surface area (Å²) < 4.78 is 9.62. The van der Waals surface area contributed by atoms with Crippen molar-refractivity contribution >= 4 is 18.7 Å². The van der Waals surface area contributed by atoms with E-state index in [0.717, 1.165) is 18.9 Å². The van der Waals surface area contributed by atoms with Crippen molar-refractivity contribution in [2.45, 2.75) is 19.8 Å². The van der Waals surface area contributed by atoms with Crippen molar-refractivity contribution in [3.05, 3.63) is 11.8 Å². The molecule has 0 aromatic carbocycles. The summed E-state index contributed by atoms with van der Waals surface area (Å²) in [4.78, 5) is 31.4. The Labute approximate surface area is 100.0 Å². The molecule has 0 aliphatic heterocycles. The van der Waals surface area contributed by atoms with Crippen LogP contribution in [0.2, 0.25) is 0 Å². The predicted molar refractivity (Wildman–Crippen MR) is 60.4 cm³/mol. The fraction of sp³-hybridized carbons (Fsp3) is 0.545. The molecule has 1 amide bonds. The normalized spacial score (nSPS) is 10.5. The minimum Gasteiger partial charge on any atom is -0.486 e. The predicted octanol–water partition coefficient (Wildman–Crippen LogP) is 0.811. The molecule has 0 aromatic rings. The molecule has 0 unspecified atom stereocenters. The molecule has 6 nitrogen and oxygen atoms in total. The number of carbonyl (C=O) groups is 3. The maximum absolute atomic E-state index is 11.0. The lowest BCUT2D eigenvalue weighted by atomic mass is 10.3. The topological polar surface area (TPSA) is 81.7 Å². The van der Waals surface area contributed by atoms with E-state index in [1.807, 2.05) is 6.92 Å². The van der Waals surface area contributed by atoms with Gasteiger partial charge in [0.25, 0.3) is 0 Å². The van der Waals surface area contributed by atoms with Crippen LogP contribution in [0.5, 0.6) is 0 Å². The summed E-state index contributed by atoms with van der Waals surface area (Å²) in [6, 6.07) is 0. The van der Waals surface area contributed by atoms with E-state index in [-0.39, 0.29) is 19.0 Å². The molecule has 0 spiro atoms. The Bertz CT molecular complexity index is 275. The summed E-state index contributed by atoms with van der Waals surface area (Å²) in [7, 11) is 0. The van der Waals surface area contributed by atoms with Gasteiger partial charge in [0.1, 0.15) is 19.5 Å². The molecule has 96 valence electrons. The molecule has 17 heavy (non-hydrogen) atoms. The van der Waals surface area contributed by atoms with Crippen molar-refractivity contribution in [3.63, 3.8) is 0 Å². The van der Waals surface area contributed by atoms with Crippen LogP contribution >= 0.6 is 0 Å². The highest BCUT2D eigenvalue weighted by molar-refractivity contribution is 5.79. The maximum atomic E-state index is 11.0. The van der Waals surface area contributed by atoms with Gasteiger partial charge in [-0.05, 0) is 6.42 Å². The molecule has 0 atom stereocenters. The number of amides is 1. The van der Waals surface area contributed by atoms with Crippen molar-refractivity contribution < 1.29 is 23.9 Å². The largest absolute Gasteiger partial charge is 0.486 e. The summed E-state index contributed by atoms with van der Waals surface area (Å²) in [6.45, 7) is 2.63. The lowest BCUT2D eigenvalue weighted by Crippen LogP contribution is -2.26. The van der Waals surface area contributed by atoms with Gasteiger partial charge in [0.05, 0.1) is 0 Å². The Morgan fingerprint density at radius 1 is 1.24 bits per heavy atom. The summed E-state index contributed by atoms with van der Waals surface area (Å²) in [5.41, 5.74) is 0. The van der Waals surface area contributed by atoms with Gasteiger partial charge in [0.15, 0.2) is 12.0 Å². The molecular weight excluding hydrogens is 226 g/mol. The molecule has 0 fully saturated rings. The molecule has 1 N–H and O–H groups in total. The monoisotopic (exact) mass is 243 g/mol. The zero-order valence-electron chi connectivity index (χ0n) is 9.81. The number of carbonyl (C=O) groups excluding carboxylic acids is 3. The summed E-state index contributed by atoms with van der Waals surface area (Å²) in [6.07, 6.45) is 3.21. The van der Waals surface area contributed by atoms with E-state index in [1.54, 1.807) is 0 Å². The van der Waals surface area contributed by atoms with Crippen LogP contribution < -0.4 is 5.32 Å². The number of ether oxygens (including phenoxy) is 2. The average Bonchev–Trinajstić information content (AvgIpc) is 2.33. The quantitative estimate of drug-likeness (QED) is 0.280. The fourth-order valence-corrected chi connectivity index (χ4v) is 0.901. The van der Waals surface area contributed by atoms with Gasteiger partial charge in [-0.25, -0.2) is 4.79 Å². The van der Waals surface area contributed by atoms with E-state index in [1.165, 1.54) is 0 Å². The molecule has 0 heterocycles. The Hall–Kier alpha value is -1.85. The fourth-order valence-electron chi connectivity index (χ4n) is 0.901. The van der Waals surface area contributed by atoms with Gasteiger partial charge in [-0.1, -0.05) is 13.3 Å². The first-order valence-electron chi connectivity index (χ1n) is 5.38. The lowest BCUT2D eigenvalue weighted by molar-refractivity contribution is -0.109. The summed E-state index contributed by atoms with van der Waals surface area (Å²) in [5, 5.41) is 2.55. The van der Waals surface area contributed by atoms with Crippen LogP contribution in [-0.4, -0.2) is 38.4 Å². The molecule has 0 saturated heterocycles. The van der Waals surface area contributed by atoms with Crippen LogP contribution in [0.3, 0.4) is 0 Å². The van der Waals surface area contributed by atoms with Gasteiger partial charge in [0, 0.05) is 12.6 Å². The van der Waals surface area contributed by atoms with Crippen molar-refractivity contribution in [2.75, 3.05) is 19.8 Å². The molecule has 0 aliphatic carbocycles. The third-order valence-electron chi connectivity index (χ3n) is 1.73. The average molecular weight is 243 g/mol. The van der Waals surface area contributed by atoms with E-state index in [2.05, 4.69) is 5.32 Å². The van der Waals surface area contributed by atoms with E-state index in [9.17, 15) is 14.4 Å². The Morgan fingerprint density at radius 2 is 1.94 bits per heavy atom. The van der Waals surface area contributed by atoms with Crippen molar-refractivity contribution in [1.82, 2.24) is 5.32 Å². The standard InChI is InChI=1S/C11H17NO5/c1-2-3-5-12-11(15)17-8-7-16-10(9-14)4-6-13/h4,6,9H,2-3,5,7-8H2,1H3,(H,12,15)/b10-4-. The Morgan fingerprint density at radius 3 is 2.53 bits per heavy atom. The van der Waals surface area contributed by atoms with Crippen LogP contribution in [0.4, 0.5) is 4.79 Å². The number of unbranched alkanes of at least 4 members (excludes halogenated alkanes) is 1. The molecular formula is C11H17NO5. The molecule has 0 saturated carbocycles. The highest BCUT2D eigenvalue weighted by atomic mass is 16.6. The van der Waals surface area contributed by atoms with Gasteiger partial charge < -0.3 is 14.8 Å². The first-order chi connectivity index (χ1) is 8.24. The van der Waals surface area contributed by atoms with E-state index in [0.29, 0.717) is 19.1 Å². The minimum atomic E-state index is -0.519. The lowest BCUT2D eigenvalue weighted by Gasteiger charge is -2.07. The van der Waals surface area contributed by atoms with Crippen LogP contribution in [-0.2, 0) is 19.1 Å². The second-order valence-corrected chi connectivity index (χ2v) is 3.09. The second-order valence-electron chi connectivity index (χ2n) is 3.09. The minimum absolute atomic E-state index is 0.0159. The number of rotatable bonds is 9. The maximum Gasteiger partial charge on any atom is 0.407 e. The van der Waals surface area contributed by atoms with Gasteiger partial charge >= 0.3 is 6.09 Å². The first-order valence-corrected chi connectivity index (χ1v) is 5.38. The number of hydrogen-bond acceptors (Lipinski definition) is 5.